The number of benzene rings is 1. The first-order chi connectivity index (χ1) is 7.16. The Morgan fingerprint density at radius 3 is 3.00 bits per heavy atom. The lowest BCUT2D eigenvalue weighted by molar-refractivity contribution is 0.484. The summed E-state index contributed by atoms with van der Waals surface area (Å²) < 4.78 is 13.3. The van der Waals surface area contributed by atoms with Crippen LogP contribution < -0.4 is 10.2 Å². The van der Waals surface area contributed by atoms with Crippen LogP contribution >= 0.6 is 11.6 Å². The van der Waals surface area contributed by atoms with E-state index in [9.17, 15) is 4.39 Å². The molecule has 0 aromatic heterocycles. The van der Waals surface area contributed by atoms with Crippen LogP contribution in [0.2, 0.25) is 5.02 Å². The minimum atomic E-state index is -0.347. The topological polar surface area (TPSA) is 15.3 Å². The number of hydrogen-bond acceptors (Lipinski definition) is 2. The molecule has 0 radical (unpaired) electrons. The Hall–Kier alpha value is -0.800. The summed E-state index contributed by atoms with van der Waals surface area (Å²) in [7, 11) is 0. The standard InChI is InChI=1S/C11H14ClFN2/c1-8-7-15(5-4-14-8)9-2-3-10(12)11(13)6-9/h2-3,6,8,14H,4-5,7H2,1H3. The van der Waals surface area contributed by atoms with Gasteiger partial charge in [0.15, 0.2) is 0 Å². The number of halogens is 2. The molecule has 1 aromatic rings. The molecule has 1 fully saturated rings. The maximum Gasteiger partial charge on any atom is 0.143 e. The van der Waals surface area contributed by atoms with E-state index < -0.39 is 0 Å². The lowest BCUT2D eigenvalue weighted by Crippen LogP contribution is -2.49. The van der Waals surface area contributed by atoms with E-state index in [1.54, 1.807) is 6.07 Å². The van der Waals surface area contributed by atoms with Crippen LogP contribution in [0, 0.1) is 5.82 Å². The number of piperazine rings is 1. The summed E-state index contributed by atoms with van der Waals surface area (Å²) >= 11 is 5.64. The van der Waals surface area contributed by atoms with Gasteiger partial charge in [0.25, 0.3) is 0 Å². The number of nitrogens with one attached hydrogen (secondary N) is 1. The van der Waals surface area contributed by atoms with Crippen molar-refractivity contribution >= 4 is 17.3 Å². The highest BCUT2D eigenvalue weighted by molar-refractivity contribution is 6.30. The van der Waals surface area contributed by atoms with E-state index in [4.69, 9.17) is 11.6 Å². The Kier molecular flexibility index (Phi) is 3.12. The molecule has 1 unspecified atom stereocenters. The lowest BCUT2D eigenvalue weighted by Gasteiger charge is -2.33. The van der Waals surface area contributed by atoms with Crippen LogP contribution in [0.25, 0.3) is 0 Å². The van der Waals surface area contributed by atoms with Crippen molar-refractivity contribution in [2.45, 2.75) is 13.0 Å². The van der Waals surface area contributed by atoms with Gasteiger partial charge in [0, 0.05) is 31.4 Å². The molecule has 2 rings (SSSR count). The number of nitrogens with zero attached hydrogens (tertiary/aromatic N) is 1. The number of rotatable bonds is 1. The fourth-order valence-corrected chi connectivity index (χ4v) is 1.97. The van der Waals surface area contributed by atoms with Crippen LogP contribution in [0.3, 0.4) is 0 Å². The first kappa shape index (κ1) is 10.7. The van der Waals surface area contributed by atoms with E-state index in [1.165, 1.54) is 6.07 Å². The van der Waals surface area contributed by atoms with Gasteiger partial charge in [0.2, 0.25) is 0 Å². The minimum Gasteiger partial charge on any atom is -0.369 e. The van der Waals surface area contributed by atoms with Crippen LogP contribution in [-0.4, -0.2) is 25.7 Å². The van der Waals surface area contributed by atoms with Gasteiger partial charge in [-0.25, -0.2) is 4.39 Å². The van der Waals surface area contributed by atoms with Gasteiger partial charge in [-0.3, -0.25) is 0 Å². The third-order valence-corrected chi connectivity index (χ3v) is 2.94. The van der Waals surface area contributed by atoms with Gasteiger partial charge in [0.1, 0.15) is 5.82 Å². The van der Waals surface area contributed by atoms with Crippen LogP contribution in [0.4, 0.5) is 10.1 Å². The van der Waals surface area contributed by atoms with E-state index in [2.05, 4.69) is 17.1 Å². The summed E-state index contributed by atoms with van der Waals surface area (Å²) in [5.74, 6) is -0.347. The van der Waals surface area contributed by atoms with Gasteiger partial charge in [-0.05, 0) is 25.1 Å². The van der Waals surface area contributed by atoms with Gasteiger partial charge in [-0.1, -0.05) is 11.6 Å². The van der Waals surface area contributed by atoms with Crippen molar-refractivity contribution in [2.75, 3.05) is 24.5 Å². The third-order valence-electron chi connectivity index (χ3n) is 2.64. The van der Waals surface area contributed by atoms with Crippen molar-refractivity contribution in [3.05, 3.63) is 29.0 Å². The van der Waals surface area contributed by atoms with Crippen molar-refractivity contribution in [1.82, 2.24) is 5.32 Å². The van der Waals surface area contributed by atoms with E-state index in [0.717, 1.165) is 25.3 Å². The van der Waals surface area contributed by atoms with Crippen molar-refractivity contribution < 1.29 is 4.39 Å². The molecule has 1 aliphatic heterocycles. The average Bonchev–Trinajstić information content (AvgIpc) is 2.22. The zero-order valence-electron chi connectivity index (χ0n) is 8.63. The zero-order chi connectivity index (χ0) is 10.8. The Morgan fingerprint density at radius 2 is 2.33 bits per heavy atom. The molecule has 4 heteroatoms. The highest BCUT2D eigenvalue weighted by Gasteiger charge is 2.16. The Labute approximate surface area is 94.0 Å². The van der Waals surface area contributed by atoms with Gasteiger partial charge < -0.3 is 10.2 Å². The monoisotopic (exact) mass is 228 g/mol. The quantitative estimate of drug-likeness (QED) is 0.794. The lowest BCUT2D eigenvalue weighted by atomic mass is 10.2. The van der Waals surface area contributed by atoms with Gasteiger partial charge >= 0.3 is 0 Å². The molecule has 1 aromatic carbocycles. The SMILES string of the molecule is CC1CN(c2ccc(Cl)c(F)c2)CCN1. The molecule has 15 heavy (non-hydrogen) atoms. The highest BCUT2D eigenvalue weighted by atomic mass is 35.5. The van der Waals surface area contributed by atoms with Gasteiger partial charge in [-0.2, -0.15) is 0 Å². The highest BCUT2D eigenvalue weighted by Crippen LogP contribution is 2.22. The van der Waals surface area contributed by atoms with E-state index >= 15 is 0 Å². The predicted molar refractivity (Wildman–Crippen MR) is 61.1 cm³/mol. The third kappa shape index (κ3) is 2.41. The van der Waals surface area contributed by atoms with Gasteiger partial charge in [0.05, 0.1) is 5.02 Å². The van der Waals surface area contributed by atoms with Crippen LogP contribution in [0.15, 0.2) is 18.2 Å². The molecule has 1 heterocycles. The summed E-state index contributed by atoms with van der Waals surface area (Å²) in [6, 6.07) is 5.42. The second-order valence-electron chi connectivity index (χ2n) is 3.90. The summed E-state index contributed by atoms with van der Waals surface area (Å²) in [6.07, 6.45) is 0. The summed E-state index contributed by atoms with van der Waals surface area (Å²) in [4.78, 5) is 2.17. The molecular weight excluding hydrogens is 215 g/mol. The van der Waals surface area contributed by atoms with Crippen LogP contribution in [-0.2, 0) is 0 Å². The van der Waals surface area contributed by atoms with Gasteiger partial charge in [-0.15, -0.1) is 0 Å². The molecule has 1 atom stereocenters. The minimum absolute atomic E-state index is 0.182. The first-order valence-corrected chi connectivity index (χ1v) is 5.48. The number of hydrogen-bond donors (Lipinski definition) is 1. The van der Waals surface area contributed by atoms with Crippen LogP contribution in [0.1, 0.15) is 6.92 Å². The molecule has 0 amide bonds. The maximum atomic E-state index is 13.3. The normalized spacial score (nSPS) is 21.8. The molecular formula is C11H14ClFN2. The molecule has 0 saturated carbocycles. The fourth-order valence-electron chi connectivity index (χ4n) is 1.85. The molecule has 82 valence electrons. The summed E-state index contributed by atoms with van der Waals surface area (Å²) in [6.45, 7) is 4.87. The Bertz CT molecular complexity index is 356. The Balaban J connectivity index is 2.18. The van der Waals surface area contributed by atoms with Crippen molar-refractivity contribution in [3.8, 4) is 0 Å². The first-order valence-electron chi connectivity index (χ1n) is 5.10. The zero-order valence-corrected chi connectivity index (χ0v) is 9.39. The fraction of sp³-hybridized carbons (Fsp3) is 0.455. The summed E-state index contributed by atoms with van der Waals surface area (Å²) in [5.41, 5.74) is 0.908. The molecule has 0 aliphatic carbocycles. The van der Waals surface area contributed by atoms with Crippen molar-refractivity contribution in [2.24, 2.45) is 0 Å². The second kappa shape index (κ2) is 4.37. The predicted octanol–water partition coefficient (Wildman–Crippen LogP) is 2.28. The molecule has 2 nitrogen and oxygen atoms in total. The second-order valence-corrected chi connectivity index (χ2v) is 4.31. The molecule has 0 bridgehead atoms. The molecule has 1 N–H and O–H groups in total. The van der Waals surface area contributed by atoms with E-state index in [1.807, 2.05) is 6.07 Å². The maximum absolute atomic E-state index is 13.3. The molecule has 1 aliphatic rings. The number of anilines is 1. The van der Waals surface area contributed by atoms with Crippen LogP contribution in [0.5, 0.6) is 0 Å². The molecule has 0 spiro atoms. The van der Waals surface area contributed by atoms with Crippen molar-refractivity contribution in [1.29, 1.82) is 0 Å². The Morgan fingerprint density at radius 1 is 1.53 bits per heavy atom. The molecule has 1 saturated heterocycles. The van der Waals surface area contributed by atoms with E-state index in [-0.39, 0.29) is 10.8 Å². The average molecular weight is 229 g/mol. The van der Waals surface area contributed by atoms with Crippen molar-refractivity contribution in [3.63, 3.8) is 0 Å². The summed E-state index contributed by atoms with van der Waals surface area (Å²) in [5, 5.41) is 3.53. The smallest absolute Gasteiger partial charge is 0.143 e. The van der Waals surface area contributed by atoms with E-state index in [0.29, 0.717) is 6.04 Å². The largest absolute Gasteiger partial charge is 0.369 e.